The van der Waals surface area contributed by atoms with Gasteiger partial charge < -0.3 is 10.6 Å². The van der Waals surface area contributed by atoms with Gasteiger partial charge in [-0.1, -0.05) is 6.92 Å². The van der Waals surface area contributed by atoms with Gasteiger partial charge in [0.25, 0.3) is 5.91 Å². The van der Waals surface area contributed by atoms with Gasteiger partial charge in [0, 0.05) is 31.9 Å². The molecule has 6 nitrogen and oxygen atoms in total. The van der Waals surface area contributed by atoms with Crippen LogP contribution in [0.2, 0.25) is 0 Å². The molecule has 17 heavy (non-hydrogen) atoms. The van der Waals surface area contributed by atoms with Gasteiger partial charge in [-0.2, -0.15) is 0 Å². The first-order valence-corrected chi connectivity index (χ1v) is 5.55. The Morgan fingerprint density at radius 2 is 2.00 bits per heavy atom. The zero-order valence-electron chi connectivity index (χ0n) is 9.77. The summed E-state index contributed by atoms with van der Waals surface area (Å²) < 4.78 is 0. The molecule has 0 fully saturated rings. The molecule has 0 atom stereocenters. The molecule has 0 saturated heterocycles. The van der Waals surface area contributed by atoms with Crippen molar-refractivity contribution in [2.45, 2.75) is 19.8 Å². The van der Waals surface area contributed by atoms with Gasteiger partial charge in [-0.3, -0.25) is 14.6 Å². The predicted molar refractivity (Wildman–Crippen MR) is 62.3 cm³/mol. The van der Waals surface area contributed by atoms with Crippen molar-refractivity contribution in [1.29, 1.82) is 0 Å². The molecule has 0 unspecified atom stereocenters. The number of aromatic nitrogens is 2. The molecule has 0 aliphatic heterocycles. The lowest BCUT2D eigenvalue weighted by Gasteiger charge is -2.05. The van der Waals surface area contributed by atoms with Crippen molar-refractivity contribution in [2.24, 2.45) is 0 Å². The maximum Gasteiger partial charge on any atom is 0.271 e. The van der Waals surface area contributed by atoms with Crippen LogP contribution in [0.15, 0.2) is 18.6 Å². The van der Waals surface area contributed by atoms with E-state index in [1.807, 2.05) is 0 Å². The van der Waals surface area contributed by atoms with Gasteiger partial charge in [-0.15, -0.1) is 0 Å². The fourth-order valence-electron chi connectivity index (χ4n) is 1.15. The highest BCUT2D eigenvalue weighted by atomic mass is 16.2. The second-order valence-electron chi connectivity index (χ2n) is 3.40. The van der Waals surface area contributed by atoms with E-state index in [2.05, 4.69) is 20.6 Å². The summed E-state index contributed by atoms with van der Waals surface area (Å²) in [7, 11) is 0. The van der Waals surface area contributed by atoms with Gasteiger partial charge in [0.05, 0.1) is 6.20 Å². The van der Waals surface area contributed by atoms with Crippen LogP contribution in [-0.2, 0) is 4.79 Å². The first kappa shape index (κ1) is 13.1. The van der Waals surface area contributed by atoms with Crippen LogP contribution in [0, 0.1) is 0 Å². The van der Waals surface area contributed by atoms with Gasteiger partial charge in [-0.25, -0.2) is 4.98 Å². The quantitative estimate of drug-likeness (QED) is 0.687. The smallest absolute Gasteiger partial charge is 0.271 e. The summed E-state index contributed by atoms with van der Waals surface area (Å²) in [6.07, 6.45) is 5.56. The summed E-state index contributed by atoms with van der Waals surface area (Å²) in [5.41, 5.74) is 0.296. The van der Waals surface area contributed by atoms with Crippen LogP contribution in [0.1, 0.15) is 30.3 Å². The lowest BCUT2D eigenvalue weighted by molar-refractivity contribution is -0.120. The molecule has 1 rings (SSSR count). The topological polar surface area (TPSA) is 84.0 Å². The van der Waals surface area contributed by atoms with Crippen molar-refractivity contribution in [1.82, 2.24) is 20.6 Å². The molecule has 2 N–H and O–H groups in total. The Morgan fingerprint density at radius 3 is 2.65 bits per heavy atom. The highest BCUT2D eigenvalue weighted by Gasteiger charge is 2.05. The van der Waals surface area contributed by atoms with E-state index in [4.69, 9.17) is 0 Å². The monoisotopic (exact) mass is 236 g/mol. The third-order valence-corrected chi connectivity index (χ3v) is 2.08. The lowest BCUT2D eigenvalue weighted by atomic mass is 10.3. The number of amides is 2. The Bertz CT molecular complexity index is 367. The molecule has 0 saturated carbocycles. The van der Waals surface area contributed by atoms with E-state index < -0.39 is 0 Å². The minimum absolute atomic E-state index is 0.0188. The molecule has 2 amide bonds. The van der Waals surface area contributed by atoms with Crippen LogP contribution in [-0.4, -0.2) is 34.9 Å². The van der Waals surface area contributed by atoms with E-state index in [0.29, 0.717) is 31.6 Å². The van der Waals surface area contributed by atoms with Crippen molar-refractivity contribution in [3.05, 3.63) is 24.3 Å². The van der Waals surface area contributed by atoms with Crippen LogP contribution in [0.3, 0.4) is 0 Å². The summed E-state index contributed by atoms with van der Waals surface area (Å²) in [6, 6.07) is 0. The van der Waals surface area contributed by atoms with E-state index in [0.717, 1.165) is 0 Å². The minimum atomic E-state index is -0.250. The minimum Gasteiger partial charge on any atom is -0.356 e. The first-order valence-electron chi connectivity index (χ1n) is 5.55. The fourth-order valence-corrected chi connectivity index (χ4v) is 1.15. The van der Waals surface area contributed by atoms with Gasteiger partial charge >= 0.3 is 0 Å². The number of hydrogen-bond acceptors (Lipinski definition) is 4. The summed E-state index contributed by atoms with van der Waals surface area (Å²) in [5.74, 6) is -0.231. The largest absolute Gasteiger partial charge is 0.356 e. The maximum atomic E-state index is 11.5. The van der Waals surface area contributed by atoms with Gasteiger partial charge in [-0.05, 0) is 6.42 Å². The number of nitrogens with one attached hydrogen (secondary N) is 2. The van der Waals surface area contributed by atoms with E-state index in [-0.39, 0.29) is 11.8 Å². The summed E-state index contributed by atoms with van der Waals surface area (Å²) in [4.78, 5) is 30.1. The highest BCUT2D eigenvalue weighted by Crippen LogP contribution is 1.89. The van der Waals surface area contributed by atoms with Crippen molar-refractivity contribution in [3.8, 4) is 0 Å². The molecule has 1 aromatic heterocycles. The Balaban J connectivity index is 2.15. The Labute approximate surface area is 99.8 Å². The molecule has 92 valence electrons. The Hall–Kier alpha value is -1.98. The van der Waals surface area contributed by atoms with Crippen LogP contribution in [0.25, 0.3) is 0 Å². The van der Waals surface area contributed by atoms with E-state index >= 15 is 0 Å². The second kappa shape index (κ2) is 7.32. The van der Waals surface area contributed by atoms with E-state index in [9.17, 15) is 9.59 Å². The van der Waals surface area contributed by atoms with Gasteiger partial charge in [0.1, 0.15) is 5.69 Å². The Morgan fingerprint density at radius 1 is 1.24 bits per heavy atom. The molecule has 0 aliphatic rings. The van der Waals surface area contributed by atoms with Crippen molar-refractivity contribution in [3.63, 3.8) is 0 Å². The number of rotatable bonds is 6. The van der Waals surface area contributed by atoms with Crippen molar-refractivity contribution < 1.29 is 9.59 Å². The van der Waals surface area contributed by atoms with E-state index in [1.54, 1.807) is 6.92 Å². The number of nitrogens with zero attached hydrogens (tertiary/aromatic N) is 2. The highest BCUT2D eigenvalue weighted by molar-refractivity contribution is 5.91. The fraction of sp³-hybridized carbons (Fsp3) is 0.455. The lowest BCUT2D eigenvalue weighted by Crippen LogP contribution is -2.29. The maximum absolute atomic E-state index is 11.5. The zero-order valence-corrected chi connectivity index (χ0v) is 9.77. The molecule has 1 aromatic rings. The standard InChI is InChI=1S/C11H16N4O2/c1-2-10(16)14-4-3-5-15-11(17)9-8-12-6-7-13-9/h6-8H,2-5H2,1H3,(H,14,16)(H,15,17). The SMILES string of the molecule is CCC(=O)NCCCNC(=O)c1cnccn1. The van der Waals surface area contributed by atoms with E-state index in [1.165, 1.54) is 18.6 Å². The molecule has 0 bridgehead atoms. The van der Waals surface area contributed by atoms with Crippen molar-refractivity contribution >= 4 is 11.8 Å². The molecular formula is C11H16N4O2. The van der Waals surface area contributed by atoms with Crippen LogP contribution >= 0.6 is 0 Å². The zero-order chi connectivity index (χ0) is 12.5. The van der Waals surface area contributed by atoms with Crippen molar-refractivity contribution in [2.75, 3.05) is 13.1 Å². The second-order valence-corrected chi connectivity index (χ2v) is 3.40. The normalized spacial score (nSPS) is 9.71. The summed E-state index contributed by atoms with van der Waals surface area (Å²) in [6.45, 7) is 2.86. The third kappa shape index (κ3) is 5.05. The third-order valence-electron chi connectivity index (χ3n) is 2.08. The van der Waals surface area contributed by atoms with Crippen LogP contribution in [0.4, 0.5) is 0 Å². The van der Waals surface area contributed by atoms with Gasteiger partial charge in [0.2, 0.25) is 5.91 Å². The summed E-state index contributed by atoms with van der Waals surface area (Å²) >= 11 is 0. The molecule has 0 aromatic carbocycles. The number of carbonyl (C=O) groups excluding carboxylic acids is 2. The number of hydrogen-bond donors (Lipinski definition) is 2. The van der Waals surface area contributed by atoms with Crippen LogP contribution < -0.4 is 10.6 Å². The Kier molecular flexibility index (Phi) is 5.63. The molecule has 6 heteroatoms. The van der Waals surface area contributed by atoms with Gasteiger partial charge in [0.15, 0.2) is 0 Å². The average Bonchev–Trinajstić information content (AvgIpc) is 2.38. The predicted octanol–water partition coefficient (Wildman–Crippen LogP) is 0.123. The van der Waals surface area contributed by atoms with Crippen LogP contribution in [0.5, 0.6) is 0 Å². The number of carbonyl (C=O) groups is 2. The molecule has 0 aliphatic carbocycles. The molecule has 0 radical (unpaired) electrons. The molecular weight excluding hydrogens is 220 g/mol. The first-order chi connectivity index (χ1) is 8.24. The summed E-state index contributed by atoms with van der Waals surface area (Å²) in [5, 5.41) is 5.43. The molecule has 1 heterocycles. The average molecular weight is 236 g/mol. The molecule has 0 spiro atoms.